The van der Waals surface area contributed by atoms with Crippen LogP contribution in [0.5, 0.6) is 0 Å². The van der Waals surface area contributed by atoms with Crippen molar-refractivity contribution in [3.8, 4) is 0 Å². The van der Waals surface area contributed by atoms with Gasteiger partial charge in [-0.3, -0.25) is 5.10 Å². The van der Waals surface area contributed by atoms with E-state index in [9.17, 15) is 8.42 Å². The van der Waals surface area contributed by atoms with E-state index in [1.54, 1.807) is 6.92 Å². The van der Waals surface area contributed by atoms with Crippen molar-refractivity contribution < 1.29 is 8.42 Å². The summed E-state index contributed by atoms with van der Waals surface area (Å²) in [5, 5.41) is 10.2. The molecule has 8 heteroatoms. The summed E-state index contributed by atoms with van der Waals surface area (Å²) in [4.78, 5) is 2.25. The highest BCUT2D eigenvalue weighted by molar-refractivity contribution is 7.89. The largest absolute Gasteiger partial charge is 0.308 e. The molecule has 2 rings (SSSR count). The van der Waals surface area contributed by atoms with Gasteiger partial charge in [0.05, 0.1) is 11.4 Å². The third kappa shape index (κ3) is 4.26. The molecule has 0 saturated heterocycles. The number of rotatable bonds is 8. The molecule has 0 spiro atoms. The van der Waals surface area contributed by atoms with Crippen LogP contribution in [0.2, 0.25) is 0 Å². The number of hydrogen-bond acceptors (Lipinski definition) is 5. The number of nitrogens with one attached hydrogen (secondary N) is 3. The lowest BCUT2D eigenvalue weighted by Crippen LogP contribution is -2.38. The molecule has 1 saturated carbocycles. The number of aromatic amines is 1. The molecular weight excluding hydrogens is 290 g/mol. The Labute approximate surface area is 126 Å². The quantitative estimate of drug-likeness (QED) is 0.637. The Hall–Kier alpha value is -0.960. The van der Waals surface area contributed by atoms with E-state index in [1.165, 1.54) is 0 Å². The third-order valence-corrected chi connectivity index (χ3v) is 5.44. The topological polar surface area (TPSA) is 90.1 Å². The zero-order chi connectivity index (χ0) is 15.6. The van der Waals surface area contributed by atoms with Crippen molar-refractivity contribution in [3.63, 3.8) is 0 Å². The summed E-state index contributed by atoms with van der Waals surface area (Å²) < 4.78 is 27.7. The lowest BCUT2D eigenvalue weighted by molar-refractivity contribution is 0.314. The Bertz CT molecular complexity index is 577. The van der Waals surface area contributed by atoms with Crippen molar-refractivity contribution in [2.45, 2.75) is 50.2 Å². The highest BCUT2D eigenvalue weighted by atomic mass is 32.2. The molecule has 1 aliphatic carbocycles. The van der Waals surface area contributed by atoms with Gasteiger partial charge in [0.25, 0.3) is 0 Å². The van der Waals surface area contributed by atoms with Crippen molar-refractivity contribution >= 4 is 10.0 Å². The van der Waals surface area contributed by atoms with Crippen molar-refractivity contribution in [2.75, 3.05) is 20.6 Å². The number of aryl methyl sites for hydroxylation is 1. The summed E-state index contributed by atoms with van der Waals surface area (Å²) in [6.07, 6.45) is 2.31. The molecule has 1 atom stereocenters. The highest BCUT2D eigenvalue weighted by Crippen LogP contribution is 2.22. The molecule has 1 heterocycles. The Morgan fingerprint density at radius 1 is 1.43 bits per heavy atom. The van der Waals surface area contributed by atoms with Crippen LogP contribution in [0.15, 0.2) is 4.90 Å². The Balaban J connectivity index is 2.08. The van der Waals surface area contributed by atoms with E-state index in [1.807, 2.05) is 25.9 Å². The number of H-pyrrole nitrogens is 1. The number of hydrogen-bond donors (Lipinski definition) is 3. The standard InChI is InChI=1S/C13H25N5O2S/c1-9(18(3)4)7-15-21(19,20)13-10(2)16-17-12(13)8-14-11-5-6-11/h9,11,14-15H,5-8H2,1-4H3,(H,16,17). The molecule has 0 aromatic carbocycles. The van der Waals surface area contributed by atoms with Gasteiger partial charge in [-0.2, -0.15) is 5.10 Å². The number of likely N-dealkylation sites (N-methyl/N-ethyl adjacent to an activating group) is 1. The van der Waals surface area contributed by atoms with Gasteiger partial charge in [-0.15, -0.1) is 0 Å². The number of sulfonamides is 1. The van der Waals surface area contributed by atoms with Gasteiger partial charge in [-0.25, -0.2) is 13.1 Å². The van der Waals surface area contributed by atoms with E-state index in [2.05, 4.69) is 20.2 Å². The molecule has 0 bridgehead atoms. The van der Waals surface area contributed by atoms with Crippen LogP contribution in [-0.2, 0) is 16.6 Å². The Morgan fingerprint density at radius 2 is 2.10 bits per heavy atom. The van der Waals surface area contributed by atoms with Gasteiger partial charge in [-0.1, -0.05) is 0 Å². The second-order valence-corrected chi connectivity index (χ2v) is 7.65. The van der Waals surface area contributed by atoms with Gasteiger partial charge in [0.2, 0.25) is 10.0 Å². The maximum Gasteiger partial charge on any atom is 0.244 e. The third-order valence-electron chi connectivity index (χ3n) is 3.82. The molecule has 0 radical (unpaired) electrons. The molecular formula is C13H25N5O2S. The van der Waals surface area contributed by atoms with E-state index in [0.29, 0.717) is 30.5 Å². The maximum atomic E-state index is 12.5. The van der Waals surface area contributed by atoms with Crippen LogP contribution in [0.25, 0.3) is 0 Å². The molecule has 7 nitrogen and oxygen atoms in total. The lowest BCUT2D eigenvalue weighted by Gasteiger charge is -2.20. The van der Waals surface area contributed by atoms with E-state index in [4.69, 9.17) is 0 Å². The van der Waals surface area contributed by atoms with Gasteiger partial charge in [0, 0.05) is 25.2 Å². The predicted molar refractivity (Wildman–Crippen MR) is 81.5 cm³/mol. The Kier molecular flexibility index (Phi) is 5.03. The molecule has 1 aliphatic rings. The van der Waals surface area contributed by atoms with Gasteiger partial charge < -0.3 is 10.2 Å². The summed E-state index contributed by atoms with van der Waals surface area (Å²) in [5.74, 6) is 0. The number of nitrogens with zero attached hydrogens (tertiary/aromatic N) is 2. The summed E-state index contributed by atoms with van der Waals surface area (Å²) in [5.41, 5.74) is 1.14. The normalized spacial score (nSPS) is 17.4. The molecule has 3 N–H and O–H groups in total. The molecule has 0 amide bonds. The van der Waals surface area contributed by atoms with Gasteiger partial charge >= 0.3 is 0 Å². The van der Waals surface area contributed by atoms with E-state index in [-0.39, 0.29) is 10.9 Å². The minimum Gasteiger partial charge on any atom is -0.308 e. The predicted octanol–water partition coefficient (Wildman–Crippen LogP) is 0.199. The van der Waals surface area contributed by atoms with Crippen molar-refractivity contribution in [2.24, 2.45) is 0 Å². The van der Waals surface area contributed by atoms with Crippen molar-refractivity contribution in [1.82, 2.24) is 25.1 Å². The minimum absolute atomic E-state index is 0.125. The zero-order valence-electron chi connectivity index (χ0n) is 13.1. The summed E-state index contributed by atoms with van der Waals surface area (Å²) in [7, 11) is 0.303. The highest BCUT2D eigenvalue weighted by Gasteiger charge is 2.27. The van der Waals surface area contributed by atoms with E-state index < -0.39 is 10.0 Å². The minimum atomic E-state index is -3.54. The van der Waals surface area contributed by atoms with Gasteiger partial charge in [0.1, 0.15) is 4.90 Å². The average Bonchev–Trinajstić information content (AvgIpc) is 3.16. The van der Waals surface area contributed by atoms with Gasteiger partial charge in [-0.05, 0) is 40.8 Å². The first-order valence-corrected chi connectivity index (χ1v) is 8.73. The van der Waals surface area contributed by atoms with Crippen LogP contribution in [0.1, 0.15) is 31.2 Å². The Morgan fingerprint density at radius 3 is 2.67 bits per heavy atom. The first-order chi connectivity index (χ1) is 9.81. The second kappa shape index (κ2) is 6.43. The SMILES string of the molecule is Cc1[nH]nc(CNC2CC2)c1S(=O)(=O)NCC(C)N(C)C. The lowest BCUT2D eigenvalue weighted by atomic mass is 10.3. The first-order valence-electron chi connectivity index (χ1n) is 7.24. The second-order valence-electron chi connectivity index (χ2n) is 5.94. The molecule has 21 heavy (non-hydrogen) atoms. The van der Waals surface area contributed by atoms with E-state index >= 15 is 0 Å². The fourth-order valence-electron chi connectivity index (χ4n) is 1.96. The molecule has 1 fully saturated rings. The smallest absolute Gasteiger partial charge is 0.244 e. The summed E-state index contributed by atoms with van der Waals surface area (Å²) in [6, 6.07) is 0.638. The summed E-state index contributed by atoms with van der Waals surface area (Å²) >= 11 is 0. The van der Waals surface area contributed by atoms with Gasteiger partial charge in [0.15, 0.2) is 0 Å². The molecule has 1 aromatic rings. The number of aromatic nitrogens is 2. The van der Waals surface area contributed by atoms with Crippen molar-refractivity contribution in [1.29, 1.82) is 0 Å². The van der Waals surface area contributed by atoms with Crippen LogP contribution in [-0.4, -0.2) is 56.2 Å². The molecule has 1 unspecified atom stereocenters. The monoisotopic (exact) mass is 315 g/mol. The van der Waals surface area contributed by atoms with Crippen LogP contribution < -0.4 is 10.0 Å². The average molecular weight is 315 g/mol. The first kappa shape index (κ1) is 16.4. The fraction of sp³-hybridized carbons (Fsp3) is 0.769. The fourth-order valence-corrected chi connectivity index (χ4v) is 3.44. The maximum absolute atomic E-state index is 12.5. The molecule has 0 aliphatic heterocycles. The van der Waals surface area contributed by atoms with Crippen LogP contribution in [0, 0.1) is 6.92 Å². The van der Waals surface area contributed by atoms with Crippen molar-refractivity contribution in [3.05, 3.63) is 11.4 Å². The van der Waals surface area contributed by atoms with E-state index in [0.717, 1.165) is 12.8 Å². The van der Waals surface area contributed by atoms with Crippen LogP contribution >= 0.6 is 0 Å². The molecule has 1 aromatic heterocycles. The van der Waals surface area contributed by atoms with Crippen LogP contribution in [0.3, 0.4) is 0 Å². The van der Waals surface area contributed by atoms with Crippen LogP contribution in [0.4, 0.5) is 0 Å². The molecule has 120 valence electrons. The zero-order valence-corrected chi connectivity index (χ0v) is 13.9. The summed E-state index contributed by atoms with van der Waals surface area (Å²) in [6.45, 7) is 4.56.